The number of likely N-dealkylation sites (tertiary alicyclic amines) is 1. The highest BCUT2D eigenvalue weighted by atomic mass is 19.1. The normalized spacial score (nSPS) is 13.9. The number of benzene rings is 2. The van der Waals surface area contributed by atoms with E-state index in [2.05, 4.69) is 25.5 Å². The fourth-order valence-electron chi connectivity index (χ4n) is 4.19. The molecule has 0 aliphatic carbocycles. The van der Waals surface area contributed by atoms with Crippen LogP contribution in [-0.4, -0.2) is 47.0 Å². The molecule has 0 radical (unpaired) electrons. The minimum Gasteiger partial charge on any atom is -0.490 e. The van der Waals surface area contributed by atoms with Crippen molar-refractivity contribution in [1.82, 2.24) is 14.9 Å². The monoisotopic (exact) mass is 477 g/mol. The van der Waals surface area contributed by atoms with Crippen molar-refractivity contribution >= 4 is 23.2 Å². The number of hydrogen-bond donors (Lipinski definition) is 2. The number of nitrogens with one attached hydrogen (secondary N) is 2. The van der Waals surface area contributed by atoms with Crippen LogP contribution >= 0.6 is 0 Å². The van der Waals surface area contributed by atoms with Crippen LogP contribution in [0.3, 0.4) is 0 Å². The van der Waals surface area contributed by atoms with Crippen LogP contribution < -0.4 is 15.4 Å². The highest BCUT2D eigenvalue weighted by molar-refractivity contribution is 6.04. The molecular formula is C27H32FN5O2. The maximum absolute atomic E-state index is 14.5. The van der Waals surface area contributed by atoms with Gasteiger partial charge in [0.2, 0.25) is 5.95 Å². The topological polar surface area (TPSA) is 79.4 Å². The predicted octanol–water partition coefficient (Wildman–Crippen LogP) is 5.48. The molecule has 1 fully saturated rings. The maximum Gasteiger partial charge on any atom is 0.258 e. The number of rotatable bonds is 9. The minimum atomic E-state index is -0.447. The molecular weight excluding hydrogens is 445 g/mol. The molecule has 0 spiro atoms. The summed E-state index contributed by atoms with van der Waals surface area (Å²) in [6.07, 6.45) is 7.59. The summed E-state index contributed by atoms with van der Waals surface area (Å²) in [4.78, 5) is 23.4. The largest absolute Gasteiger partial charge is 0.490 e. The summed E-state index contributed by atoms with van der Waals surface area (Å²) in [6.45, 7) is 7.64. The van der Waals surface area contributed by atoms with Gasteiger partial charge in [-0.3, -0.25) is 4.79 Å². The molecule has 0 bridgehead atoms. The SMILES string of the molecule is Cc1cccc(C)c1NC(=O)c1cnc(Nc2ccc(OCCCN3CCCCC3)c(F)c2)nc1. The number of carbonyl (C=O) groups is 1. The molecule has 1 aliphatic heterocycles. The number of amides is 1. The van der Waals surface area contributed by atoms with Gasteiger partial charge in [0.25, 0.3) is 5.91 Å². The zero-order valence-corrected chi connectivity index (χ0v) is 20.3. The van der Waals surface area contributed by atoms with Crippen LogP contribution in [0.5, 0.6) is 5.75 Å². The second-order valence-corrected chi connectivity index (χ2v) is 8.89. The van der Waals surface area contributed by atoms with Gasteiger partial charge in [0, 0.05) is 36.4 Å². The van der Waals surface area contributed by atoms with Gasteiger partial charge in [-0.2, -0.15) is 0 Å². The van der Waals surface area contributed by atoms with Gasteiger partial charge in [-0.15, -0.1) is 0 Å². The molecule has 0 unspecified atom stereocenters. The third kappa shape index (κ3) is 6.76. The number of hydrogen-bond acceptors (Lipinski definition) is 6. The summed E-state index contributed by atoms with van der Waals surface area (Å²) in [7, 11) is 0. The summed E-state index contributed by atoms with van der Waals surface area (Å²) < 4.78 is 20.1. The fraction of sp³-hybridized carbons (Fsp3) is 0.370. The quantitative estimate of drug-likeness (QED) is 0.397. The van der Waals surface area contributed by atoms with Crippen LogP contribution in [0.25, 0.3) is 0 Å². The van der Waals surface area contributed by atoms with E-state index in [0.717, 1.165) is 42.9 Å². The van der Waals surface area contributed by atoms with E-state index in [1.165, 1.54) is 37.7 Å². The van der Waals surface area contributed by atoms with Gasteiger partial charge in [-0.1, -0.05) is 24.6 Å². The molecule has 2 N–H and O–H groups in total. The van der Waals surface area contributed by atoms with Gasteiger partial charge in [-0.05, 0) is 69.5 Å². The summed E-state index contributed by atoms with van der Waals surface area (Å²) >= 11 is 0. The Morgan fingerprint density at radius 1 is 1.06 bits per heavy atom. The van der Waals surface area contributed by atoms with Crippen LogP contribution in [0.15, 0.2) is 48.8 Å². The van der Waals surface area contributed by atoms with E-state index < -0.39 is 5.82 Å². The molecule has 4 rings (SSSR count). The van der Waals surface area contributed by atoms with Crippen molar-refractivity contribution in [2.75, 3.05) is 36.9 Å². The number of para-hydroxylation sites is 1. The Morgan fingerprint density at radius 3 is 2.46 bits per heavy atom. The van der Waals surface area contributed by atoms with Crippen molar-refractivity contribution in [3.63, 3.8) is 0 Å². The Hall–Kier alpha value is -3.52. The lowest BCUT2D eigenvalue weighted by molar-refractivity contribution is 0.102. The highest BCUT2D eigenvalue weighted by Crippen LogP contribution is 2.24. The molecule has 0 saturated carbocycles. The standard InChI is InChI=1S/C27H32FN5O2/c1-19-8-6-9-20(2)25(19)32-26(34)21-17-29-27(30-18-21)31-22-10-11-24(23(28)16-22)35-15-7-14-33-12-4-3-5-13-33/h6,8-11,16-18H,3-5,7,12-15H2,1-2H3,(H,32,34)(H,29,30,31). The molecule has 184 valence electrons. The first-order valence-electron chi connectivity index (χ1n) is 12.1. The average molecular weight is 478 g/mol. The molecule has 2 aromatic carbocycles. The maximum atomic E-state index is 14.5. The number of anilines is 3. The molecule has 3 aromatic rings. The number of piperidine rings is 1. The number of halogens is 1. The van der Waals surface area contributed by atoms with Gasteiger partial charge in [0.1, 0.15) is 0 Å². The summed E-state index contributed by atoms with van der Waals surface area (Å²) in [6, 6.07) is 10.5. The Labute approximate surface area is 205 Å². The van der Waals surface area contributed by atoms with Crippen LogP contribution in [0.2, 0.25) is 0 Å². The highest BCUT2D eigenvalue weighted by Gasteiger charge is 2.12. The smallest absolute Gasteiger partial charge is 0.258 e. The molecule has 1 saturated heterocycles. The summed E-state index contributed by atoms with van der Waals surface area (Å²) in [5.41, 5.74) is 3.57. The lowest BCUT2D eigenvalue weighted by atomic mass is 10.1. The molecule has 7 nitrogen and oxygen atoms in total. The molecule has 35 heavy (non-hydrogen) atoms. The van der Waals surface area contributed by atoms with Gasteiger partial charge >= 0.3 is 0 Å². The van der Waals surface area contributed by atoms with E-state index in [-0.39, 0.29) is 17.6 Å². The van der Waals surface area contributed by atoms with E-state index in [1.54, 1.807) is 12.1 Å². The minimum absolute atomic E-state index is 0.230. The summed E-state index contributed by atoms with van der Waals surface area (Å²) in [5.74, 6) is -0.240. The second kappa shape index (κ2) is 11.8. The first kappa shape index (κ1) is 24.6. The van der Waals surface area contributed by atoms with Crippen molar-refractivity contribution < 1.29 is 13.9 Å². The van der Waals surface area contributed by atoms with Crippen molar-refractivity contribution in [3.05, 3.63) is 71.3 Å². The Kier molecular flexibility index (Phi) is 8.26. The molecule has 1 aromatic heterocycles. The zero-order valence-electron chi connectivity index (χ0n) is 20.3. The van der Waals surface area contributed by atoms with E-state index in [9.17, 15) is 9.18 Å². The average Bonchev–Trinajstić information content (AvgIpc) is 2.86. The van der Waals surface area contributed by atoms with E-state index in [1.807, 2.05) is 32.0 Å². The first-order chi connectivity index (χ1) is 17.0. The molecule has 8 heteroatoms. The van der Waals surface area contributed by atoms with Gasteiger partial charge in [-0.25, -0.2) is 14.4 Å². The number of aromatic nitrogens is 2. The van der Waals surface area contributed by atoms with E-state index in [4.69, 9.17) is 4.74 Å². The van der Waals surface area contributed by atoms with Crippen LogP contribution in [0, 0.1) is 19.7 Å². The number of aryl methyl sites for hydroxylation is 2. The Balaban J connectivity index is 1.28. The van der Waals surface area contributed by atoms with Gasteiger partial charge in [0.05, 0.1) is 12.2 Å². The Bertz CT molecular complexity index is 1130. The molecule has 0 atom stereocenters. The molecule has 1 aliphatic rings. The molecule has 2 heterocycles. The molecule has 1 amide bonds. The predicted molar refractivity (Wildman–Crippen MR) is 136 cm³/mol. The summed E-state index contributed by atoms with van der Waals surface area (Å²) in [5, 5.41) is 5.87. The number of carbonyl (C=O) groups excluding carboxylic acids is 1. The van der Waals surface area contributed by atoms with Crippen molar-refractivity contribution in [1.29, 1.82) is 0 Å². The van der Waals surface area contributed by atoms with Crippen molar-refractivity contribution in [2.24, 2.45) is 0 Å². The second-order valence-electron chi connectivity index (χ2n) is 8.89. The van der Waals surface area contributed by atoms with Crippen LogP contribution in [-0.2, 0) is 0 Å². The fourth-order valence-corrected chi connectivity index (χ4v) is 4.19. The van der Waals surface area contributed by atoms with Crippen molar-refractivity contribution in [2.45, 2.75) is 39.5 Å². The lowest BCUT2D eigenvalue weighted by Crippen LogP contribution is -2.31. The number of ether oxygens (including phenoxy) is 1. The zero-order chi connectivity index (χ0) is 24.6. The lowest BCUT2D eigenvalue weighted by Gasteiger charge is -2.26. The van der Waals surface area contributed by atoms with Gasteiger partial charge < -0.3 is 20.3 Å². The number of nitrogens with zero attached hydrogens (tertiary/aromatic N) is 3. The van der Waals surface area contributed by atoms with Crippen LogP contribution in [0.4, 0.5) is 21.7 Å². The van der Waals surface area contributed by atoms with Crippen LogP contribution in [0.1, 0.15) is 47.2 Å². The first-order valence-corrected chi connectivity index (χ1v) is 12.1. The van der Waals surface area contributed by atoms with E-state index in [0.29, 0.717) is 17.9 Å². The third-order valence-electron chi connectivity index (χ3n) is 6.15. The Morgan fingerprint density at radius 2 is 1.77 bits per heavy atom. The third-order valence-corrected chi connectivity index (χ3v) is 6.15. The van der Waals surface area contributed by atoms with Gasteiger partial charge in [0.15, 0.2) is 11.6 Å². The van der Waals surface area contributed by atoms with E-state index >= 15 is 0 Å². The van der Waals surface area contributed by atoms with Crippen molar-refractivity contribution in [3.8, 4) is 5.75 Å².